The van der Waals surface area contributed by atoms with Crippen LogP contribution in [-0.2, 0) is 0 Å². The number of aromatic nitrogens is 1. The first kappa shape index (κ1) is 11.7. The molecule has 5 heteroatoms. The molecular formula is C10H11ClN2O2. The van der Waals surface area contributed by atoms with Crippen molar-refractivity contribution in [1.29, 1.82) is 0 Å². The molecule has 0 N–H and O–H groups in total. The minimum atomic E-state index is -0.436. The molecule has 4 nitrogen and oxygen atoms in total. The first-order chi connectivity index (χ1) is 7.15. The second-order valence-corrected chi connectivity index (χ2v) is 3.41. The molecule has 1 aromatic rings. The predicted octanol–water partition coefficient (Wildman–Crippen LogP) is 2.94. The molecule has 0 aliphatic carbocycles. The number of nitrogens with zero attached hydrogens (tertiary/aromatic N) is 2. The molecule has 80 valence electrons. The molecule has 1 heterocycles. The van der Waals surface area contributed by atoms with Gasteiger partial charge >= 0.3 is 0 Å². The molecule has 0 amide bonds. The Morgan fingerprint density at radius 2 is 2.40 bits per heavy atom. The summed E-state index contributed by atoms with van der Waals surface area (Å²) in [5.41, 5.74) is 1.37. The van der Waals surface area contributed by atoms with Crippen LogP contribution in [0.1, 0.15) is 17.7 Å². The molecule has 0 aliphatic heterocycles. The molecule has 1 aromatic heterocycles. The van der Waals surface area contributed by atoms with E-state index in [4.69, 9.17) is 11.6 Å². The number of hydrogen-bond acceptors (Lipinski definition) is 3. The molecule has 15 heavy (non-hydrogen) atoms. The molecule has 0 atom stereocenters. The van der Waals surface area contributed by atoms with Gasteiger partial charge in [0.05, 0.1) is 10.6 Å². The fourth-order valence-electron chi connectivity index (χ4n) is 1.12. The van der Waals surface area contributed by atoms with Gasteiger partial charge in [0, 0.05) is 11.4 Å². The van der Waals surface area contributed by atoms with Crippen LogP contribution in [0.25, 0.3) is 6.08 Å². The predicted molar refractivity (Wildman–Crippen MR) is 60.0 cm³/mol. The van der Waals surface area contributed by atoms with Crippen LogP contribution in [-0.4, -0.2) is 15.8 Å². The summed E-state index contributed by atoms with van der Waals surface area (Å²) >= 11 is 5.50. The number of rotatable bonds is 4. The van der Waals surface area contributed by atoms with E-state index in [0.717, 1.165) is 6.42 Å². The van der Waals surface area contributed by atoms with Crippen LogP contribution in [0.5, 0.6) is 0 Å². The highest BCUT2D eigenvalue weighted by atomic mass is 35.5. The van der Waals surface area contributed by atoms with Gasteiger partial charge in [0.2, 0.25) is 0 Å². The molecular weight excluding hydrogens is 216 g/mol. The highest BCUT2D eigenvalue weighted by molar-refractivity contribution is 6.17. The lowest BCUT2D eigenvalue weighted by atomic mass is 10.2. The second kappa shape index (κ2) is 5.46. The number of pyridine rings is 1. The number of hydrogen-bond donors (Lipinski definition) is 0. The molecule has 0 spiro atoms. The van der Waals surface area contributed by atoms with Crippen molar-refractivity contribution in [2.45, 2.75) is 13.3 Å². The van der Waals surface area contributed by atoms with Crippen LogP contribution in [0.4, 0.5) is 5.69 Å². The zero-order chi connectivity index (χ0) is 11.3. The zero-order valence-corrected chi connectivity index (χ0v) is 9.07. The van der Waals surface area contributed by atoms with Crippen LogP contribution < -0.4 is 0 Å². The summed E-state index contributed by atoms with van der Waals surface area (Å²) in [6.07, 6.45) is 5.73. The Kier molecular flexibility index (Phi) is 4.24. The Labute approximate surface area is 92.7 Å². The van der Waals surface area contributed by atoms with Gasteiger partial charge in [-0.2, -0.15) is 0 Å². The van der Waals surface area contributed by atoms with E-state index < -0.39 is 4.92 Å². The first-order valence-electron chi connectivity index (χ1n) is 4.48. The molecule has 0 bridgehead atoms. The standard InChI is InChI=1S/C10H11ClN2O2/c1-8-6-9(4-2-3-5-11)12-7-10(8)13(14)15/h2,4,6-7H,3,5H2,1H3. The SMILES string of the molecule is Cc1cc(C=CCCCl)ncc1[N+](=O)[O-]. The summed E-state index contributed by atoms with van der Waals surface area (Å²) in [5.74, 6) is 0.558. The summed E-state index contributed by atoms with van der Waals surface area (Å²) < 4.78 is 0. The van der Waals surface area contributed by atoms with Gasteiger partial charge in [-0.25, -0.2) is 4.98 Å². The number of allylic oxidation sites excluding steroid dienone is 1. The third kappa shape index (κ3) is 3.32. The second-order valence-electron chi connectivity index (χ2n) is 3.03. The fourth-order valence-corrected chi connectivity index (χ4v) is 1.25. The van der Waals surface area contributed by atoms with Gasteiger partial charge in [-0.15, -0.1) is 11.6 Å². The van der Waals surface area contributed by atoms with E-state index >= 15 is 0 Å². The van der Waals surface area contributed by atoms with Gasteiger partial charge in [-0.1, -0.05) is 6.08 Å². The smallest absolute Gasteiger partial charge is 0.258 e. The van der Waals surface area contributed by atoms with Crippen LogP contribution >= 0.6 is 11.6 Å². The molecule has 0 radical (unpaired) electrons. The Balaban J connectivity index is 2.87. The van der Waals surface area contributed by atoms with E-state index in [1.165, 1.54) is 6.20 Å². The topological polar surface area (TPSA) is 56.0 Å². The Morgan fingerprint density at radius 3 is 2.93 bits per heavy atom. The van der Waals surface area contributed by atoms with E-state index in [0.29, 0.717) is 17.1 Å². The van der Waals surface area contributed by atoms with Crippen molar-refractivity contribution in [3.63, 3.8) is 0 Å². The third-order valence-corrected chi connectivity index (χ3v) is 2.08. The van der Waals surface area contributed by atoms with E-state index in [1.54, 1.807) is 19.1 Å². The molecule has 0 saturated carbocycles. The largest absolute Gasteiger partial charge is 0.290 e. The lowest BCUT2D eigenvalue weighted by Crippen LogP contribution is -1.93. The van der Waals surface area contributed by atoms with Crippen LogP contribution in [0, 0.1) is 17.0 Å². The van der Waals surface area contributed by atoms with E-state index in [9.17, 15) is 10.1 Å². The maximum atomic E-state index is 10.5. The zero-order valence-electron chi connectivity index (χ0n) is 8.31. The highest BCUT2D eigenvalue weighted by Gasteiger charge is 2.09. The van der Waals surface area contributed by atoms with Crippen molar-refractivity contribution < 1.29 is 4.92 Å². The summed E-state index contributed by atoms with van der Waals surface area (Å²) in [5, 5.41) is 10.5. The summed E-state index contributed by atoms with van der Waals surface area (Å²) in [4.78, 5) is 14.0. The van der Waals surface area contributed by atoms with Gasteiger partial charge in [-0.05, 0) is 25.5 Å². The van der Waals surface area contributed by atoms with Gasteiger partial charge in [-0.3, -0.25) is 10.1 Å². The van der Waals surface area contributed by atoms with Crippen molar-refractivity contribution in [1.82, 2.24) is 4.98 Å². The molecule has 1 rings (SSSR count). The van der Waals surface area contributed by atoms with Crippen molar-refractivity contribution in [3.05, 3.63) is 39.7 Å². The lowest BCUT2D eigenvalue weighted by molar-refractivity contribution is -0.385. The van der Waals surface area contributed by atoms with Crippen molar-refractivity contribution >= 4 is 23.4 Å². The average Bonchev–Trinajstić information content (AvgIpc) is 2.17. The monoisotopic (exact) mass is 226 g/mol. The average molecular weight is 227 g/mol. The summed E-state index contributed by atoms with van der Waals surface area (Å²) in [6, 6.07) is 1.68. The van der Waals surface area contributed by atoms with Gasteiger partial charge in [0.1, 0.15) is 6.20 Å². The molecule has 0 aromatic carbocycles. The van der Waals surface area contributed by atoms with Crippen molar-refractivity contribution in [3.8, 4) is 0 Å². The number of halogens is 1. The van der Waals surface area contributed by atoms with Crippen molar-refractivity contribution in [2.24, 2.45) is 0 Å². The summed E-state index contributed by atoms with van der Waals surface area (Å²) in [7, 11) is 0. The lowest BCUT2D eigenvalue weighted by Gasteiger charge is -1.97. The molecule has 0 saturated heterocycles. The number of nitro groups is 1. The van der Waals surface area contributed by atoms with Gasteiger partial charge in [0.25, 0.3) is 5.69 Å². The van der Waals surface area contributed by atoms with Gasteiger partial charge < -0.3 is 0 Å². The van der Waals surface area contributed by atoms with Crippen molar-refractivity contribution in [2.75, 3.05) is 5.88 Å². The van der Waals surface area contributed by atoms with E-state index in [-0.39, 0.29) is 5.69 Å². The summed E-state index contributed by atoms with van der Waals surface area (Å²) in [6.45, 7) is 1.69. The van der Waals surface area contributed by atoms with E-state index in [1.807, 2.05) is 6.08 Å². The molecule has 0 aliphatic rings. The molecule has 0 unspecified atom stereocenters. The minimum absolute atomic E-state index is 0.0458. The maximum Gasteiger partial charge on any atom is 0.290 e. The minimum Gasteiger partial charge on any atom is -0.258 e. The quantitative estimate of drug-likeness (QED) is 0.451. The van der Waals surface area contributed by atoms with Crippen LogP contribution in [0.3, 0.4) is 0 Å². The third-order valence-electron chi connectivity index (χ3n) is 1.87. The Morgan fingerprint density at radius 1 is 1.67 bits per heavy atom. The number of aryl methyl sites for hydroxylation is 1. The first-order valence-corrected chi connectivity index (χ1v) is 5.02. The maximum absolute atomic E-state index is 10.5. The normalized spacial score (nSPS) is 10.8. The number of alkyl halides is 1. The fraction of sp³-hybridized carbons (Fsp3) is 0.300. The highest BCUT2D eigenvalue weighted by Crippen LogP contribution is 2.17. The Bertz CT molecular complexity index is 391. The molecule has 0 fully saturated rings. The van der Waals surface area contributed by atoms with Crippen LogP contribution in [0.2, 0.25) is 0 Å². The van der Waals surface area contributed by atoms with E-state index in [2.05, 4.69) is 4.98 Å². The van der Waals surface area contributed by atoms with Crippen LogP contribution in [0.15, 0.2) is 18.3 Å². The Hall–Kier alpha value is -1.42. The van der Waals surface area contributed by atoms with Gasteiger partial charge in [0.15, 0.2) is 0 Å².